The van der Waals surface area contributed by atoms with Gasteiger partial charge in [0, 0.05) is 6.42 Å². The van der Waals surface area contributed by atoms with Gasteiger partial charge in [-0.1, -0.05) is 0 Å². The average molecular weight is 350 g/mol. The lowest BCUT2D eigenvalue weighted by atomic mass is 9.95. The predicted octanol–water partition coefficient (Wildman–Crippen LogP) is 2.35. The molecule has 130 valence electrons. The maximum absolute atomic E-state index is 13.6. The Morgan fingerprint density at radius 3 is 1.96 bits per heavy atom. The summed E-state index contributed by atoms with van der Waals surface area (Å²) >= 11 is 0. The van der Waals surface area contributed by atoms with Gasteiger partial charge in [-0.15, -0.1) is 0 Å². The van der Waals surface area contributed by atoms with Crippen LogP contribution >= 0.6 is 0 Å². The Morgan fingerprint density at radius 1 is 1.08 bits per heavy atom. The Balaban J connectivity index is 3.32. The lowest BCUT2D eigenvalue weighted by Crippen LogP contribution is -2.53. The molecule has 1 amide bonds. The number of hydrogen-bond donors (Lipinski definition) is 1. The van der Waals surface area contributed by atoms with E-state index in [1.165, 1.54) is 0 Å². The van der Waals surface area contributed by atoms with E-state index in [-0.39, 0.29) is 12.8 Å². The summed E-state index contributed by atoms with van der Waals surface area (Å²) in [5.74, 6) is -14.5. The molecule has 0 heterocycles. The Hall–Kier alpha value is -2.70. The zero-order valence-corrected chi connectivity index (χ0v) is 12.5. The lowest BCUT2D eigenvalue weighted by Gasteiger charge is -2.27. The smallest absolute Gasteiger partial charge is 0.331 e. The fraction of sp³-hybridized carbons (Fsp3) is 0.357. The van der Waals surface area contributed by atoms with Crippen molar-refractivity contribution in [2.45, 2.75) is 25.3 Å². The van der Waals surface area contributed by atoms with Crippen LogP contribution in [0.4, 0.5) is 22.0 Å². The van der Waals surface area contributed by atoms with Crippen LogP contribution < -0.4 is 5.32 Å². The number of carbonyl (C=O) groups excluding carboxylic acids is 2. The summed E-state index contributed by atoms with van der Waals surface area (Å²) in [6, 6.07) is 1.69. The number of carbonyl (C=O) groups is 2. The molecule has 1 aromatic rings. The van der Waals surface area contributed by atoms with Gasteiger partial charge in [0.15, 0.2) is 23.3 Å². The minimum atomic E-state index is -2.42. The first-order valence-electron chi connectivity index (χ1n) is 6.40. The Bertz CT molecular complexity index is 703. The maximum atomic E-state index is 13.6. The number of hydrogen-bond acceptors (Lipinski definition) is 4. The summed E-state index contributed by atoms with van der Waals surface area (Å²) in [6.07, 6.45) is -0.555. The van der Waals surface area contributed by atoms with E-state index < -0.39 is 52.1 Å². The Labute approximate surface area is 133 Å². The maximum Gasteiger partial charge on any atom is 0.331 e. The summed E-state index contributed by atoms with van der Waals surface area (Å²) in [6.45, 7) is 1.08. The van der Waals surface area contributed by atoms with E-state index in [9.17, 15) is 31.5 Å². The SMILES string of the molecule is COC(=O)[C@@](C)(CCC#N)NC(=O)c1c(F)c(F)c(F)c(F)c1F. The van der Waals surface area contributed by atoms with Crippen molar-refractivity contribution in [3.63, 3.8) is 0 Å². The molecule has 0 aromatic heterocycles. The van der Waals surface area contributed by atoms with Gasteiger partial charge in [-0.05, 0) is 13.3 Å². The highest BCUT2D eigenvalue weighted by Gasteiger charge is 2.38. The second-order valence-electron chi connectivity index (χ2n) is 4.88. The van der Waals surface area contributed by atoms with Crippen LogP contribution in [-0.4, -0.2) is 24.5 Å². The first-order valence-corrected chi connectivity index (χ1v) is 6.40. The number of nitriles is 1. The summed E-state index contributed by atoms with van der Waals surface area (Å²) in [5, 5.41) is 10.4. The lowest BCUT2D eigenvalue weighted by molar-refractivity contribution is -0.147. The number of rotatable bonds is 5. The van der Waals surface area contributed by atoms with E-state index in [1.54, 1.807) is 6.07 Å². The molecule has 0 fully saturated rings. The van der Waals surface area contributed by atoms with Crippen LogP contribution in [0, 0.1) is 40.4 Å². The van der Waals surface area contributed by atoms with E-state index in [0.29, 0.717) is 0 Å². The highest BCUT2D eigenvalue weighted by Crippen LogP contribution is 2.24. The topological polar surface area (TPSA) is 79.2 Å². The normalized spacial score (nSPS) is 12.9. The number of benzene rings is 1. The molecular weight excluding hydrogens is 339 g/mol. The van der Waals surface area contributed by atoms with Crippen LogP contribution in [0.3, 0.4) is 0 Å². The molecule has 24 heavy (non-hydrogen) atoms. The second-order valence-corrected chi connectivity index (χ2v) is 4.88. The molecule has 10 heteroatoms. The van der Waals surface area contributed by atoms with Gasteiger partial charge in [-0.25, -0.2) is 26.7 Å². The number of ether oxygens (including phenoxy) is 1. The highest BCUT2D eigenvalue weighted by atomic mass is 19.2. The van der Waals surface area contributed by atoms with E-state index >= 15 is 0 Å². The van der Waals surface area contributed by atoms with Crippen molar-refractivity contribution < 1.29 is 36.3 Å². The van der Waals surface area contributed by atoms with Gasteiger partial charge in [0.05, 0.1) is 13.2 Å². The van der Waals surface area contributed by atoms with Gasteiger partial charge in [0.2, 0.25) is 5.82 Å². The van der Waals surface area contributed by atoms with Crippen molar-refractivity contribution in [1.29, 1.82) is 5.26 Å². The number of methoxy groups -OCH3 is 1. The third-order valence-corrected chi connectivity index (χ3v) is 3.20. The molecule has 5 nitrogen and oxygen atoms in total. The van der Waals surface area contributed by atoms with Crippen LogP contribution in [0.1, 0.15) is 30.1 Å². The van der Waals surface area contributed by atoms with Crippen molar-refractivity contribution in [2.24, 2.45) is 0 Å². The van der Waals surface area contributed by atoms with Crippen LogP contribution in [-0.2, 0) is 9.53 Å². The molecule has 0 aliphatic rings. The molecule has 1 N–H and O–H groups in total. The van der Waals surface area contributed by atoms with E-state index in [2.05, 4.69) is 4.74 Å². The highest BCUT2D eigenvalue weighted by molar-refractivity contribution is 5.98. The fourth-order valence-corrected chi connectivity index (χ4v) is 1.86. The molecule has 0 aliphatic carbocycles. The Morgan fingerprint density at radius 2 is 1.54 bits per heavy atom. The summed E-state index contributed by atoms with van der Waals surface area (Å²) in [4.78, 5) is 23.7. The average Bonchev–Trinajstić information content (AvgIpc) is 2.55. The minimum absolute atomic E-state index is 0.247. The Kier molecular flexibility index (Phi) is 5.84. The molecule has 0 aliphatic heterocycles. The third kappa shape index (κ3) is 3.45. The zero-order chi connectivity index (χ0) is 18.7. The summed E-state index contributed by atoms with van der Waals surface area (Å²) in [7, 11) is 0.956. The molecule has 0 unspecified atom stereocenters. The van der Waals surface area contributed by atoms with Crippen LogP contribution in [0.15, 0.2) is 0 Å². The second kappa shape index (κ2) is 7.25. The van der Waals surface area contributed by atoms with Gasteiger partial charge in [0.25, 0.3) is 5.91 Å². The number of nitrogens with zero attached hydrogens (tertiary/aromatic N) is 1. The molecule has 1 aromatic carbocycles. The molecule has 1 atom stereocenters. The molecule has 0 saturated carbocycles. The molecule has 0 bridgehead atoms. The number of nitrogens with one attached hydrogen (secondary N) is 1. The van der Waals surface area contributed by atoms with Crippen molar-refractivity contribution in [3.8, 4) is 6.07 Å². The quantitative estimate of drug-likeness (QED) is 0.383. The molecule has 1 rings (SSSR count). The van der Waals surface area contributed by atoms with Crippen molar-refractivity contribution >= 4 is 11.9 Å². The van der Waals surface area contributed by atoms with Crippen LogP contribution in [0.25, 0.3) is 0 Å². The minimum Gasteiger partial charge on any atom is -0.467 e. The number of halogens is 5. The van der Waals surface area contributed by atoms with Crippen molar-refractivity contribution in [2.75, 3.05) is 7.11 Å². The van der Waals surface area contributed by atoms with Gasteiger partial charge in [-0.3, -0.25) is 4.79 Å². The van der Waals surface area contributed by atoms with Gasteiger partial charge in [0.1, 0.15) is 11.1 Å². The first-order chi connectivity index (χ1) is 11.1. The fourth-order valence-electron chi connectivity index (χ4n) is 1.86. The van der Waals surface area contributed by atoms with E-state index in [0.717, 1.165) is 14.0 Å². The van der Waals surface area contributed by atoms with Gasteiger partial charge < -0.3 is 10.1 Å². The van der Waals surface area contributed by atoms with Gasteiger partial charge in [-0.2, -0.15) is 5.26 Å². The van der Waals surface area contributed by atoms with Crippen LogP contribution in [0.2, 0.25) is 0 Å². The van der Waals surface area contributed by atoms with Crippen LogP contribution in [0.5, 0.6) is 0 Å². The number of esters is 1. The third-order valence-electron chi connectivity index (χ3n) is 3.20. The van der Waals surface area contributed by atoms with Crippen molar-refractivity contribution in [3.05, 3.63) is 34.6 Å². The summed E-state index contributed by atoms with van der Waals surface area (Å²) < 4.78 is 70.9. The van der Waals surface area contributed by atoms with E-state index in [1.807, 2.05) is 5.32 Å². The monoisotopic (exact) mass is 350 g/mol. The molecule has 0 spiro atoms. The summed E-state index contributed by atoms with van der Waals surface area (Å²) in [5.41, 5.74) is -3.64. The number of amides is 1. The standard InChI is InChI=1S/C14H11F5N2O3/c1-14(4-3-5-20,13(23)24-2)21-12(22)6-7(15)9(17)11(19)10(18)8(6)16/h3-4H2,1-2H3,(H,21,22)/t14-/m1/s1. The predicted molar refractivity (Wildman–Crippen MR) is 69.0 cm³/mol. The largest absolute Gasteiger partial charge is 0.467 e. The van der Waals surface area contributed by atoms with Gasteiger partial charge >= 0.3 is 5.97 Å². The van der Waals surface area contributed by atoms with E-state index in [4.69, 9.17) is 5.26 Å². The first kappa shape index (κ1) is 19.3. The molecule has 0 saturated heterocycles. The van der Waals surface area contributed by atoms with Crippen molar-refractivity contribution in [1.82, 2.24) is 5.32 Å². The zero-order valence-electron chi connectivity index (χ0n) is 12.5. The molecular formula is C14H11F5N2O3. The molecule has 0 radical (unpaired) electrons.